The number of nitrogens with one attached hydrogen (secondary N) is 1. The van der Waals surface area contributed by atoms with E-state index in [1.54, 1.807) is 24.3 Å². The Labute approximate surface area is 179 Å². The fourth-order valence-electron chi connectivity index (χ4n) is 2.82. The predicted octanol–water partition coefficient (Wildman–Crippen LogP) is 1.90. The molecule has 1 N–H and O–H groups in total. The first-order valence-corrected chi connectivity index (χ1v) is 10.9. The van der Waals surface area contributed by atoms with Crippen LogP contribution in [0, 0.1) is 0 Å². The summed E-state index contributed by atoms with van der Waals surface area (Å²) in [5.41, 5.74) is 1.82. The maximum Gasteiger partial charge on any atom is 0.242 e. The minimum Gasteiger partial charge on any atom is -0.326 e. The molecule has 0 bridgehead atoms. The van der Waals surface area contributed by atoms with Gasteiger partial charge in [0.1, 0.15) is 6.33 Å². The number of nitrogens with zero attached hydrogens (tertiary/aromatic N) is 5. The number of aromatic nitrogens is 4. The summed E-state index contributed by atoms with van der Waals surface area (Å²) in [6.07, 6.45) is 1.99. The lowest BCUT2D eigenvalue weighted by atomic mass is 10.2. The highest BCUT2D eigenvalue weighted by Gasteiger charge is 2.20. The van der Waals surface area contributed by atoms with E-state index in [0.717, 1.165) is 5.69 Å². The molecular formula is C20H22N6O4S. The Balaban J connectivity index is 1.49. The first-order valence-electron chi connectivity index (χ1n) is 9.48. The van der Waals surface area contributed by atoms with Gasteiger partial charge in [0.05, 0.1) is 10.6 Å². The highest BCUT2D eigenvalue weighted by Crippen LogP contribution is 2.17. The molecule has 0 saturated carbocycles. The second-order valence-electron chi connectivity index (χ2n) is 6.86. The SMILES string of the molecule is CC(=O)c1ccc(S(=O)(=O)N(C)CCCC(=O)Nc2ccc(-n3cnnn3)cc2)cc1. The third-order valence-electron chi connectivity index (χ3n) is 4.61. The zero-order chi connectivity index (χ0) is 22.4. The summed E-state index contributed by atoms with van der Waals surface area (Å²) >= 11 is 0. The number of hydrogen-bond acceptors (Lipinski definition) is 7. The van der Waals surface area contributed by atoms with Crippen molar-refractivity contribution >= 4 is 27.4 Å². The van der Waals surface area contributed by atoms with Crippen molar-refractivity contribution < 1.29 is 18.0 Å². The van der Waals surface area contributed by atoms with Gasteiger partial charge in [0.25, 0.3) is 0 Å². The van der Waals surface area contributed by atoms with Crippen LogP contribution >= 0.6 is 0 Å². The molecule has 1 aromatic heterocycles. The van der Waals surface area contributed by atoms with E-state index < -0.39 is 10.0 Å². The number of benzene rings is 2. The highest BCUT2D eigenvalue weighted by atomic mass is 32.2. The molecule has 0 aliphatic carbocycles. The summed E-state index contributed by atoms with van der Waals surface area (Å²) < 4.78 is 28.0. The summed E-state index contributed by atoms with van der Waals surface area (Å²) in [5, 5.41) is 13.7. The minimum atomic E-state index is -3.69. The predicted molar refractivity (Wildman–Crippen MR) is 113 cm³/mol. The first-order chi connectivity index (χ1) is 14.8. The van der Waals surface area contributed by atoms with E-state index in [2.05, 4.69) is 20.8 Å². The molecule has 0 aliphatic rings. The van der Waals surface area contributed by atoms with Crippen molar-refractivity contribution in [3.8, 4) is 5.69 Å². The van der Waals surface area contributed by atoms with Crippen molar-refractivity contribution in [2.75, 3.05) is 18.9 Å². The molecule has 0 saturated heterocycles. The standard InChI is InChI=1S/C20H22N6O4S/c1-15(27)16-5-11-19(12-6-16)31(29,30)25(2)13-3-4-20(28)22-17-7-9-18(10-8-17)26-14-21-23-24-26/h5-12,14H,3-4,13H2,1-2H3,(H,22,28). The van der Waals surface area contributed by atoms with Crippen LogP contribution in [0.5, 0.6) is 0 Å². The third kappa shape index (κ3) is 5.58. The van der Waals surface area contributed by atoms with Crippen LogP contribution in [0.15, 0.2) is 59.8 Å². The van der Waals surface area contributed by atoms with Crippen LogP contribution < -0.4 is 5.32 Å². The minimum absolute atomic E-state index is 0.104. The van der Waals surface area contributed by atoms with Crippen LogP contribution in [-0.4, -0.2) is 58.2 Å². The number of tetrazole rings is 1. The van der Waals surface area contributed by atoms with Gasteiger partial charge in [0, 0.05) is 31.3 Å². The van der Waals surface area contributed by atoms with Gasteiger partial charge >= 0.3 is 0 Å². The topological polar surface area (TPSA) is 127 Å². The van der Waals surface area contributed by atoms with Gasteiger partial charge in [-0.2, -0.15) is 0 Å². The van der Waals surface area contributed by atoms with Gasteiger partial charge in [-0.3, -0.25) is 9.59 Å². The molecule has 1 heterocycles. The van der Waals surface area contributed by atoms with Crippen molar-refractivity contribution in [3.05, 3.63) is 60.4 Å². The molecule has 10 nitrogen and oxygen atoms in total. The van der Waals surface area contributed by atoms with E-state index in [-0.39, 0.29) is 29.6 Å². The molecule has 0 fully saturated rings. The van der Waals surface area contributed by atoms with Crippen LogP contribution in [-0.2, 0) is 14.8 Å². The Morgan fingerprint density at radius 2 is 1.74 bits per heavy atom. The number of carbonyl (C=O) groups is 2. The van der Waals surface area contributed by atoms with Gasteiger partial charge < -0.3 is 5.32 Å². The summed E-state index contributed by atoms with van der Waals surface area (Å²) in [4.78, 5) is 23.6. The van der Waals surface area contributed by atoms with Crippen molar-refractivity contribution in [1.82, 2.24) is 24.5 Å². The molecule has 2 aromatic carbocycles. The number of anilines is 1. The maximum absolute atomic E-state index is 12.6. The number of hydrogen-bond donors (Lipinski definition) is 1. The number of ketones is 1. The van der Waals surface area contributed by atoms with E-state index in [1.165, 1.54) is 53.6 Å². The van der Waals surface area contributed by atoms with Crippen molar-refractivity contribution in [1.29, 1.82) is 0 Å². The number of rotatable bonds is 9. The van der Waals surface area contributed by atoms with Crippen molar-refractivity contribution in [2.24, 2.45) is 0 Å². The Bertz CT molecular complexity index is 1140. The zero-order valence-electron chi connectivity index (χ0n) is 17.1. The average molecular weight is 443 g/mol. The Morgan fingerprint density at radius 1 is 1.06 bits per heavy atom. The monoisotopic (exact) mass is 442 g/mol. The van der Waals surface area contributed by atoms with Crippen LogP contribution in [0.1, 0.15) is 30.1 Å². The number of Topliss-reactive ketones (excluding diaryl/α,β-unsaturated/α-hetero) is 1. The molecule has 3 rings (SSSR count). The lowest BCUT2D eigenvalue weighted by Gasteiger charge is -2.17. The van der Waals surface area contributed by atoms with Crippen LogP contribution in [0.3, 0.4) is 0 Å². The van der Waals surface area contributed by atoms with Gasteiger partial charge in [-0.1, -0.05) is 12.1 Å². The molecule has 11 heteroatoms. The maximum atomic E-state index is 12.6. The smallest absolute Gasteiger partial charge is 0.242 e. The summed E-state index contributed by atoms with van der Waals surface area (Å²) in [6.45, 7) is 1.60. The lowest BCUT2D eigenvalue weighted by molar-refractivity contribution is -0.116. The summed E-state index contributed by atoms with van der Waals surface area (Å²) in [7, 11) is -2.23. The molecule has 1 amide bonds. The van der Waals surface area contributed by atoms with Gasteiger partial charge in [-0.15, -0.1) is 5.10 Å². The molecule has 31 heavy (non-hydrogen) atoms. The van der Waals surface area contributed by atoms with Crippen LogP contribution in [0.25, 0.3) is 5.69 Å². The summed E-state index contributed by atoms with van der Waals surface area (Å²) in [5.74, 6) is -0.347. The molecule has 0 unspecified atom stereocenters. The third-order valence-corrected chi connectivity index (χ3v) is 6.48. The second-order valence-corrected chi connectivity index (χ2v) is 8.91. The quantitative estimate of drug-likeness (QED) is 0.501. The molecule has 0 atom stereocenters. The van der Waals surface area contributed by atoms with E-state index >= 15 is 0 Å². The van der Waals surface area contributed by atoms with Crippen LogP contribution in [0.2, 0.25) is 0 Å². The largest absolute Gasteiger partial charge is 0.326 e. The van der Waals surface area contributed by atoms with E-state index in [9.17, 15) is 18.0 Å². The van der Waals surface area contributed by atoms with Crippen molar-refractivity contribution in [2.45, 2.75) is 24.7 Å². The molecule has 0 aliphatic heterocycles. The number of sulfonamides is 1. The highest BCUT2D eigenvalue weighted by molar-refractivity contribution is 7.89. The molecule has 162 valence electrons. The molecular weight excluding hydrogens is 420 g/mol. The molecule has 0 spiro atoms. The Kier molecular flexibility index (Phi) is 6.88. The molecule has 3 aromatic rings. The van der Waals surface area contributed by atoms with Crippen LogP contribution in [0.4, 0.5) is 5.69 Å². The van der Waals surface area contributed by atoms with Gasteiger partial charge in [0.15, 0.2) is 5.78 Å². The second kappa shape index (κ2) is 9.58. The fourth-order valence-corrected chi connectivity index (χ4v) is 4.03. The van der Waals surface area contributed by atoms with E-state index in [0.29, 0.717) is 17.7 Å². The molecule has 0 radical (unpaired) electrons. The average Bonchev–Trinajstić information content (AvgIpc) is 3.29. The van der Waals surface area contributed by atoms with Gasteiger partial charge in [-0.05, 0) is 60.2 Å². The summed E-state index contributed by atoms with van der Waals surface area (Å²) in [6, 6.07) is 12.8. The fraction of sp³-hybridized carbons (Fsp3) is 0.250. The Morgan fingerprint density at radius 3 is 2.32 bits per heavy atom. The van der Waals surface area contributed by atoms with Gasteiger partial charge in [0.2, 0.25) is 15.9 Å². The lowest BCUT2D eigenvalue weighted by Crippen LogP contribution is -2.28. The number of carbonyl (C=O) groups excluding carboxylic acids is 2. The normalized spacial score (nSPS) is 11.5. The Hall–Kier alpha value is -3.44. The van der Waals surface area contributed by atoms with E-state index in [4.69, 9.17) is 0 Å². The van der Waals surface area contributed by atoms with E-state index in [1.807, 2.05) is 0 Å². The number of amides is 1. The van der Waals surface area contributed by atoms with Gasteiger partial charge in [-0.25, -0.2) is 17.4 Å². The zero-order valence-corrected chi connectivity index (χ0v) is 17.9. The first kappa shape index (κ1) is 22.2. The van der Waals surface area contributed by atoms with Crippen molar-refractivity contribution in [3.63, 3.8) is 0 Å².